The molecule has 0 spiro atoms. The summed E-state index contributed by atoms with van der Waals surface area (Å²) in [6.45, 7) is 5.84. The minimum Gasteiger partial charge on any atom is -0.380 e. The van der Waals surface area contributed by atoms with E-state index in [0.29, 0.717) is 6.54 Å². The summed E-state index contributed by atoms with van der Waals surface area (Å²) in [4.78, 5) is 11.8. The van der Waals surface area contributed by atoms with E-state index in [9.17, 15) is 0 Å². The van der Waals surface area contributed by atoms with Crippen LogP contribution in [0.1, 0.15) is 6.92 Å². The Hall–Kier alpha value is -1.92. The molecule has 0 aliphatic carbocycles. The van der Waals surface area contributed by atoms with Crippen LogP contribution in [-0.4, -0.2) is 56.0 Å². The Morgan fingerprint density at radius 2 is 1.91 bits per heavy atom. The van der Waals surface area contributed by atoms with Crippen molar-refractivity contribution >= 4 is 22.7 Å². The number of hydrogen-bond donors (Lipinski definition) is 1. The molecule has 0 radical (unpaired) electrons. The quantitative estimate of drug-likeness (QED) is 0.910. The van der Waals surface area contributed by atoms with Crippen molar-refractivity contribution in [1.29, 1.82) is 0 Å². The summed E-state index contributed by atoms with van der Waals surface area (Å²) in [5, 5.41) is 3.37. The number of nitrogens with one attached hydrogen (secondary N) is 1. The van der Waals surface area contributed by atoms with Gasteiger partial charge in [0, 0.05) is 26.7 Å². The molecule has 1 saturated heterocycles. The van der Waals surface area contributed by atoms with E-state index in [1.807, 2.05) is 31.2 Å². The van der Waals surface area contributed by atoms with Crippen molar-refractivity contribution in [2.75, 3.05) is 50.2 Å². The van der Waals surface area contributed by atoms with Crippen LogP contribution in [0.4, 0.5) is 11.6 Å². The molecule has 1 unspecified atom stereocenters. The van der Waals surface area contributed by atoms with Gasteiger partial charge in [0.05, 0.1) is 30.4 Å². The standard InChI is InChI=1S/C16H22N4O2/c1-12(21-2)11-17-15-16(20-7-9-22-10-8-20)19-14-6-4-3-5-13(14)18-15/h3-6,12H,7-11H2,1-2H3,(H,17,18). The van der Waals surface area contributed by atoms with Crippen molar-refractivity contribution in [3.63, 3.8) is 0 Å². The molecule has 3 rings (SSSR count). The van der Waals surface area contributed by atoms with Gasteiger partial charge < -0.3 is 19.7 Å². The first kappa shape index (κ1) is 15.0. The fraction of sp³-hybridized carbons (Fsp3) is 0.500. The summed E-state index contributed by atoms with van der Waals surface area (Å²) >= 11 is 0. The lowest BCUT2D eigenvalue weighted by atomic mass is 10.3. The summed E-state index contributed by atoms with van der Waals surface area (Å²) in [5.74, 6) is 1.70. The second-order valence-electron chi connectivity index (χ2n) is 5.41. The zero-order valence-electron chi connectivity index (χ0n) is 13.1. The number of fused-ring (bicyclic) bond motifs is 1. The Balaban J connectivity index is 1.94. The lowest BCUT2D eigenvalue weighted by Gasteiger charge is -2.29. The largest absolute Gasteiger partial charge is 0.380 e. The number of para-hydroxylation sites is 2. The number of nitrogens with zero attached hydrogens (tertiary/aromatic N) is 3. The van der Waals surface area contributed by atoms with E-state index in [1.54, 1.807) is 7.11 Å². The topological polar surface area (TPSA) is 59.5 Å². The minimum absolute atomic E-state index is 0.116. The van der Waals surface area contributed by atoms with E-state index in [4.69, 9.17) is 19.4 Å². The number of ether oxygens (including phenoxy) is 2. The van der Waals surface area contributed by atoms with E-state index in [-0.39, 0.29) is 6.10 Å². The molecule has 1 N–H and O–H groups in total. The van der Waals surface area contributed by atoms with E-state index in [0.717, 1.165) is 49.0 Å². The van der Waals surface area contributed by atoms with Gasteiger partial charge >= 0.3 is 0 Å². The van der Waals surface area contributed by atoms with Crippen LogP contribution in [-0.2, 0) is 9.47 Å². The van der Waals surface area contributed by atoms with Gasteiger partial charge in [-0.3, -0.25) is 0 Å². The molecule has 0 amide bonds. The Morgan fingerprint density at radius 1 is 1.23 bits per heavy atom. The third kappa shape index (κ3) is 3.28. The molecule has 1 aliphatic rings. The smallest absolute Gasteiger partial charge is 0.172 e. The van der Waals surface area contributed by atoms with Crippen LogP contribution < -0.4 is 10.2 Å². The maximum absolute atomic E-state index is 5.43. The summed E-state index contributed by atoms with van der Waals surface area (Å²) in [6.07, 6.45) is 0.116. The zero-order valence-corrected chi connectivity index (χ0v) is 13.1. The van der Waals surface area contributed by atoms with Crippen LogP contribution in [0.15, 0.2) is 24.3 Å². The first-order valence-electron chi connectivity index (χ1n) is 7.64. The molecule has 2 heterocycles. The number of morpholine rings is 1. The number of hydrogen-bond acceptors (Lipinski definition) is 6. The molecule has 118 valence electrons. The summed E-state index contributed by atoms with van der Waals surface area (Å²) < 4.78 is 10.7. The lowest BCUT2D eigenvalue weighted by molar-refractivity contribution is 0.122. The van der Waals surface area contributed by atoms with E-state index in [2.05, 4.69) is 10.2 Å². The summed E-state index contributed by atoms with van der Waals surface area (Å²) in [7, 11) is 1.71. The molecular weight excluding hydrogens is 280 g/mol. The highest BCUT2D eigenvalue weighted by atomic mass is 16.5. The van der Waals surface area contributed by atoms with Crippen molar-refractivity contribution in [3.05, 3.63) is 24.3 Å². The van der Waals surface area contributed by atoms with E-state index < -0.39 is 0 Å². The predicted octanol–water partition coefficient (Wildman–Crippen LogP) is 1.91. The molecule has 6 nitrogen and oxygen atoms in total. The molecule has 1 aliphatic heterocycles. The van der Waals surface area contributed by atoms with Gasteiger partial charge in [-0.05, 0) is 19.1 Å². The van der Waals surface area contributed by atoms with E-state index in [1.165, 1.54) is 0 Å². The van der Waals surface area contributed by atoms with Gasteiger partial charge in [-0.15, -0.1) is 0 Å². The molecule has 2 aromatic rings. The molecular formula is C16H22N4O2. The molecule has 1 aromatic carbocycles. The third-order valence-corrected chi connectivity index (χ3v) is 3.82. The second-order valence-corrected chi connectivity index (χ2v) is 5.41. The Labute approximate surface area is 130 Å². The fourth-order valence-corrected chi connectivity index (χ4v) is 2.43. The Morgan fingerprint density at radius 3 is 2.59 bits per heavy atom. The lowest BCUT2D eigenvalue weighted by Crippen LogP contribution is -2.37. The van der Waals surface area contributed by atoms with Gasteiger partial charge in [-0.25, -0.2) is 9.97 Å². The van der Waals surface area contributed by atoms with Crippen LogP contribution in [0.5, 0.6) is 0 Å². The molecule has 1 atom stereocenters. The number of anilines is 2. The maximum atomic E-state index is 5.43. The molecule has 0 bridgehead atoms. The average molecular weight is 302 g/mol. The van der Waals surface area contributed by atoms with Crippen molar-refractivity contribution in [1.82, 2.24) is 9.97 Å². The Kier molecular flexibility index (Phi) is 4.70. The first-order chi connectivity index (χ1) is 10.8. The molecule has 22 heavy (non-hydrogen) atoms. The van der Waals surface area contributed by atoms with Gasteiger partial charge in [0.15, 0.2) is 11.6 Å². The van der Waals surface area contributed by atoms with Crippen LogP contribution in [0.2, 0.25) is 0 Å². The van der Waals surface area contributed by atoms with Gasteiger partial charge in [0.1, 0.15) is 0 Å². The summed E-state index contributed by atoms with van der Waals surface area (Å²) in [5.41, 5.74) is 1.81. The number of rotatable bonds is 5. The summed E-state index contributed by atoms with van der Waals surface area (Å²) in [6, 6.07) is 7.94. The average Bonchev–Trinajstić information content (AvgIpc) is 2.59. The second kappa shape index (κ2) is 6.89. The first-order valence-corrected chi connectivity index (χ1v) is 7.64. The van der Waals surface area contributed by atoms with Crippen LogP contribution >= 0.6 is 0 Å². The molecule has 1 fully saturated rings. The van der Waals surface area contributed by atoms with Crippen molar-refractivity contribution in [2.45, 2.75) is 13.0 Å². The predicted molar refractivity (Wildman–Crippen MR) is 87.5 cm³/mol. The highest BCUT2D eigenvalue weighted by molar-refractivity contribution is 5.80. The number of benzene rings is 1. The maximum Gasteiger partial charge on any atom is 0.172 e. The minimum atomic E-state index is 0.116. The van der Waals surface area contributed by atoms with Gasteiger partial charge in [0.25, 0.3) is 0 Å². The van der Waals surface area contributed by atoms with Crippen molar-refractivity contribution < 1.29 is 9.47 Å². The monoisotopic (exact) mass is 302 g/mol. The van der Waals surface area contributed by atoms with Crippen LogP contribution in [0.3, 0.4) is 0 Å². The van der Waals surface area contributed by atoms with Gasteiger partial charge in [-0.1, -0.05) is 12.1 Å². The third-order valence-electron chi connectivity index (χ3n) is 3.82. The van der Waals surface area contributed by atoms with Gasteiger partial charge in [0.2, 0.25) is 0 Å². The molecule has 0 saturated carbocycles. The zero-order chi connectivity index (χ0) is 15.4. The number of methoxy groups -OCH3 is 1. The Bertz CT molecular complexity index is 629. The number of aromatic nitrogens is 2. The van der Waals surface area contributed by atoms with Crippen molar-refractivity contribution in [3.8, 4) is 0 Å². The van der Waals surface area contributed by atoms with E-state index >= 15 is 0 Å². The van der Waals surface area contributed by atoms with Gasteiger partial charge in [-0.2, -0.15) is 0 Å². The molecule has 6 heteroatoms. The van der Waals surface area contributed by atoms with Crippen LogP contribution in [0, 0.1) is 0 Å². The van der Waals surface area contributed by atoms with Crippen LogP contribution in [0.25, 0.3) is 11.0 Å². The highest BCUT2D eigenvalue weighted by Crippen LogP contribution is 2.25. The normalized spacial score (nSPS) is 16.7. The SMILES string of the molecule is COC(C)CNc1nc2ccccc2nc1N1CCOCC1. The van der Waals surface area contributed by atoms with Crippen molar-refractivity contribution in [2.24, 2.45) is 0 Å². The molecule has 1 aromatic heterocycles. The fourth-order valence-electron chi connectivity index (χ4n) is 2.43. The highest BCUT2D eigenvalue weighted by Gasteiger charge is 2.18.